The number of hydrogen-bond donors (Lipinski definition) is 0. The van der Waals surface area contributed by atoms with Gasteiger partial charge >= 0.3 is 16.9 Å². The van der Waals surface area contributed by atoms with Crippen LogP contribution in [0.5, 0.6) is 34.5 Å². The van der Waals surface area contributed by atoms with E-state index < -0.39 is 16.9 Å². The summed E-state index contributed by atoms with van der Waals surface area (Å²) in [5.74, 6) is 4.04. The molecule has 0 fully saturated rings. The zero-order valence-electron chi connectivity index (χ0n) is 46.5. The summed E-state index contributed by atoms with van der Waals surface area (Å²) in [6.45, 7) is 8.51. The van der Waals surface area contributed by atoms with Gasteiger partial charge in [-0.05, 0) is 65.7 Å². The highest BCUT2D eigenvalue weighted by molar-refractivity contribution is 5.91. The van der Waals surface area contributed by atoms with Gasteiger partial charge in [-0.15, -0.1) is 0 Å². The molecule has 0 unspecified atom stereocenters. The molecular weight excluding hydrogens is 1040 g/mol. The van der Waals surface area contributed by atoms with Crippen LogP contribution in [0.25, 0.3) is 32.9 Å². The molecule has 6 heterocycles. The Kier molecular flexibility index (Phi) is 17.5. The molecule has 17 nitrogen and oxygen atoms in total. The van der Waals surface area contributed by atoms with Gasteiger partial charge in [0.25, 0.3) is 0 Å². The molecular formula is C65H67N5O12. The molecule has 424 valence electrons. The molecule has 12 rings (SSSR count). The second-order valence-corrected chi connectivity index (χ2v) is 20.6. The van der Waals surface area contributed by atoms with E-state index in [1.807, 2.05) is 91.0 Å². The summed E-state index contributed by atoms with van der Waals surface area (Å²) in [6.07, 6.45) is 0. The number of rotatable bonds is 8. The van der Waals surface area contributed by atoms with Crippen LogP contribution in [-0.2, 0) is 32.7 Å². The Hall–Kier alpha value is -8.61. The van der Waals surface area contributed by atoms with E-state index >= 15 is 0 Å². The standard InChI is InChI=1S/C65H67N5O12/c1-74-50-16-19-53-48(34-63(71)80-60(53)36-50)42-68-24-22-66-23-25-69(43-49-35-64(72)81-61-37-51(75-2)17-20-54(49)61)41-46-11-5-8-14-58(46)78-32-29-67(28-31-77-57-13-7-4-10-45(57)40-68)30-33-79-59-15-9-6-12-47(59)44-70(27-26-66)56-39-65(73)82-62-38-52(76-3)18-21-55(56)62/h4-21,34-39H,22-33,40-44H2,1-3H3. The van der Waals surface area contributed by atoms with Crippen LogP contribution >= 0.6 is 0 Å². The van der Waals surface area contributed by atoms with E-state index in [1.54, 1.807) is 57.7 Å². The Labute approximate surface area is 474 Å². The molecule has 9 aromatic rings. The minimum absolute atomic E-state index is 0.387. The number of benzene rings is 6. The number of hydrogen-bond acceptors (Lipinski definition) is 17. The van der Waals surface area contributed by atoms with E-state index in [9.17, 15) is 14.4 Å². The predicted molar refractivity (Wildman–Crippen MR) is 315 cm³/mol. The molecule has 6 aromatic carbocycles. The van der Waals surface area contributed by atoms with E-state index in [2.05, 4.69) is 42.7 Å². The highest BCUT2D eigenvalue weighted by Crippen LogP contribution is 2.33. The Morgan fingerprint density at radius 3 is 1.22 bits per heavy atom. The monoisotopic (exact) mass is 1110 g/mol. The lowest BCUT2D eigenvalue weighted by molar-refractivity contribution is 0.146. The summed E-state index contributed by atoms with van der Waals surface area (Å²) < 4.78 is 54.1. The molecule has 3 aliphatic rings. The van der Waals surface area contributed by atoms with Gasteiger partial charge in [0.1, 0.15) is 71.1 Å². The van der Waals surface area contributed by atoms with Crippen molar-refractivity contribution in [3.8, 4) is 34.5 Å². The van der Waals surface area contributed by atoms with Crippen molar-refractivity contribution in [1.29, 1.82) is 0 Å². The van der Waals surface area contributed by atoms with E-state index in [1.165, 1.54) is 0 Å². The highest BCUT2D eigenvalue weighted by atomic mass is 16.5. The van der Waals surface area contributed by atoms with Crippen molar-refractivity contribution in [2.75, 3.05) is 105 Å². The number of para-hydroxylation sites is 3. The van der Waals surface area contributed by atoms with Gasteiger partial charge in [0, 0.05) is 161 Å². The van der Waals surface area contributed by atoms with Crippen LogP contribution in [0.15, 0.2) is 173 Å². The van der Waals surface area contributed by atoms with Gasteiger partial charge in [0.05, 0.1) is 27.0 Å². The molecule has 0 aliphatic carbocycles. The van der Waals surface area contributed by atoms with Crippen molar-refractivity contribution >= 4 is 38.6 Å². The van der Waals surface area contributed by atoms with Gasteiger partial charge in [0.2, 0.25) is 0 Å². The minimum Gasteiger partial charge on any atom is -0.497 e. The molecule has 0 atom stereocenters. The van der Waals surface area contributed by atoms with Gasteiger partial charge in [-0.3, -0.25) is 19.6 Å². The fraction of sp³-hybridized carbons (Fsp3) is 0.308. The molecule has 2 bridgehead atoms. The number of nitrogens with zero attached hydrogens (tertiary/aromatic N) is 5. The first-order valence-corrected chi connectivity index (χ1v) is 27.7. The maximum atomic E-state index is 13.6. The molecule has 0 saturated carbocycles. The largest absolute Gasteiger partial charge is 0.497 e. The second-order valence-electron chi connectivity index (χ2n) is 20.6. The molecule has 0 N–H and O–H groups in total. The summed E-state index contributed by atoms with van der Waals surface area (Å²) in [5.41, 5.74) is 5.23. The lowest BCUT2D eigenvalue weighted by Crippen LogP contribution is -2.43. The van der Waals surface area contributed by atoms with E-state index in [-0.39, 0.29) is 0 Å². The quantitative estimate of drug-likeness (QED) is 0.132. The molecule has 82 heavy (non-hydrogen) atoms. The number of ether oxygens (including phenoxy) is 6. The lowest BCUT2D eigenvalue weighted by Gasteiger charge is -2.34. The lowest BCUT2D eigenvalue weighted by atomic mass is 10.1. The van der Waals surface area contributed by atoms with Gasteiger partial charge in [-0.1, -0.05) is 54.6 Å². The van der Waals surface area contributed by atoms with Crippen molar-refractivity contribution in [2.45, 2.75) is 32.7 Å². The normalized spacial score (nSPS) is 17.4. The predicted octanol–water partition coefficient (Wildman–Crippen LogP) is 9.21. The third-order valence-corrected chi connectivity index (χ3v) is 15.3. The number of methoxy groups -OCH3 is 3. The zero-order valence-corrected chi connectivity index (χ0v) is 46.5. The second kappa shape index (κ2) is 25.9. The van der Waals surface area contributed by atoms with E-state index in [4.69, 9.17) is 41.7 Å². The van der Waals surface area contributed by atoms with Crippen LogP contribution in [0.2, 0.25) is 0 Å². The Balaban J connectivity index is 1.04. The van der Waals surface area contributed by atoms with Crippen molar-refractivity contribution < 1.29 is 41.7 Å². The maximum absolute atomic E-state index is 13.6. The summed E-state index contributed by atoms with van der Waals surface area (Å²) >= 11 is 0. The summed E-state index contributed by atoms with van der Waals surface area (Å²) in [4.78, 5) is 52.1. The van der Waals surface area contributed by atoms with Crippen molar-refractivity contribution in [2.24, 2.45) is 0 Å². The van der Waals surface area contributed by atoms with Gasteiger partial charge in [-0.25, -0.2) is 14.4 Å². The fourth-order valence-electron chi connectivity index (χ4n) is 11.0. The van der Waals surface area contributed by atoms with Crippen LogP contribution in [0.4, 0.5) is 5.69 Å². The first kappa shape index (κ1) is 55.3. The fourth-order valence-corrected chi connectivity index (χ4v) is 11.0. The number of anilines is 1. The first-order valence-electron chi connectivity index (χ1n) is 27.7. The summed E-state index contributed by atoms with van der Waals surface area (Å²) in [5, 5.41) is 2.39. The average Bonchev–Trinajstić information content (AvgIpc) is 3.63. The topological polar surface area (TPSA) is 162 Å². The molecule has 3 aromatic heterocycles. The maximum Gasteiger partial charge on any atom is 0.338 e. The Bertz CT molecular complexity index is 3690. The van der Waals surface area contributed by atoms with Crippen molar-refractivity contribution in [3.05, 3.63) is 205 Å². The van der Waals surface area contributed by atoms with Crippen molar-refractivity contribution in [3.63, 3.8) is 0 Å². The third kappa shape index (κ3) is 13.4. The summed E-state index contributed by atoms with van der Waals surface area (Å²) in [6, 6.07) is 45.8. The first-order chi connectivity index (χ1) is 40.1. The van der Waals surface area contributed by atoms with E-state index in [0.717, 1.165) is 61.2 Å². The van der Waals surface area contributed by atoms with Crippen LogP contribution in [0, 0.1) is 0 Å². The van der Waals surface area contributed by atoms with Gasteiger partial charge in [-0.2, -0.15) is 0 Å². The van der Waals surface area contributed by atoms with Crippen LogP contribution in [-0.4, -0.2) is 120 Å². The van der Waals surface area contributed by atoms with Crippen LogP contribution in [0.3, 0.4) is 0 Å². The smallest absolute Gasteiger partial charge is 0.338 e. The zero-order chi connectivity index (χ0) is 56.4. The average molecular weight is 1110 g/mol. The molecule has 0 spiro atoms. The van der Waals surface area contributed by atoms with Crippen LogP contribution < -0.4 is 50.2 Å². The minimum atomic E-state index is -0.480. The van der Waals surface area contributed by atoms with Gasteiger partial charge < -0.3 is 46.6 Å². The third-order valence-electron chi connectivity index (χ3n) is 15.3. The Morgan fingerprint density at radius 2 is 0.768 bits per heavy atom. The van der Waals surface area contributed by atoms with Gasteiger partial charge in [0.15, 0.2) is 0 Å². The molecule has 0 radical (unpaired) electrons. The number of fused-ring (bicyclic) bond motifs is 18. The molecule has 0 saturated heterocycles. The SMILES string of the molecule is COc1ccc2c(CN3CCN4CCN(Cc5cc(=O)oc6cc(OC)ccc56)Cc5ccccc5OCCN(CCOc5ccccc5C3)CCOc3ccccc3CN(c3cc(=O)oc5cc(OC)ccc35)CC4)cc(=O)oc2c1. The van der Waals surface area contributed by atoms with Crippen molar-refractivity contribution in [1.82, 2.24) is 19.6 Å². The highest BCUT2D eigenvalue weighted by Gasteiger charge is 2.23. The summed E-state index contributed by atoms with van der Waals surface area (Å²) in [7, 11) is 4.77. The Morgan fingerprint density at radius 1 is 0.390 bits per heavy atom. The van der Waals surface area contributed by atoms with Crippen LogP contribution in [0.1, 0.15) is 27.8 Å². The molecule has 3 aliphatic heterocycles. The molecule has 17 heteroatoms. The molecule has 0 amide bonds. The van der Waals surface area contributed by atoms with E-state index in [0.29, 0.717) is 151 Å².